The number of halogens is 2. The van der Waals surface area contributed by atoms with Crippen molar-refractivity contribution in [1.29, 1.82) is 0 Å². The van der Waals surface area contributed by atoms with E-state index in [9.17, 15) is 9.59 Å². The number of rotatable bonds is 9. The molecule has 1 unspecified atom stereocenters. The van der Waals surface area contributed by atoms with Crippen LogP contribution in [-0.2, 0) is 16.1 Å². The normalized spacial score (nSPS) is 15.0. The highest BCUT2D eigenvalue weighted by atomic mass is 79.9. The first-order chi connectivity index (χ1) is 15.9. The molecule has 2 aromatic rings. The van der Waals surface area contributed by atoms with Crippen molar-refractivity contribution < 1.29 is 14.3 Å². The third kappa shape index (κ3) is 7.47. The summed E-state index contributed by atoms with van der Waals surface area (Å²) in [5.74, 6) is 0.0941. The van der Waals surface area contributed by atoms with Gasteiger partial charge in [-0.05, 0) is 49.9 Å². The summed E-state index contributed by atoms with van der Waals surface area (Å²) in [6.07, 6.45) is 6.01. The Morgan fingerprint density at radius 1 is 1.18 bits per heavy atom. The molecule has 1 atom stereocenters. The number of benzene rings is 2. The molecular formula is C26H32BrClN2O3. The van der Waals surface area contributed by atoms with Crippen LogP contribution in [0.25, 0.3) is 0 Å². The lowest BCUT2D eigenvalue weighted by Gasteiger charge is -2.32. The van der Waals surface area contributed by atoms with Gasteiger partial charge in [-0.3, -0.25) is 9.59 Å². The minimum atomic E-state index is -0.566. The van der Waals surface area contributed by atoms with Crippen molar-refractivity contribution in [3.63, 3.8) is 0 Å². The highest BCUT2D eigenvalue weighted by Gasteiger charge is 2.30. The van der Waals surface area contributed by atoms with Crippen LogP contribution in [0, 0.1) is 6.92 Å². The van der Waals surface area contributed by atoms with Crippen molar-refractivity contribution in [2.75, 3.05) is 6.61 Å². The number of nitrogens with zero attached hydrogens (tertiary/aromatic N) is 1. The predicted molar refractivity (Wildman–Crippen MR) is 135 cm³/mol. The van der Waals surface area contributed by atoms with Gasteiger partial charge >= 0.3 is 0 Å². The molecule has 2 aromatic carbocycles. The van der Waals surface area contributed by atoms with E-state index >= 15 is 0 Å². The van der Waals surface area contributed by atoms with Gasteiger partial charge in [-0.15, -0.1) is 0 Å². The van der Waals surface area contributed by atoms with Gasteiger partial charge in [0.2, 0.25) is 5.91 Å². The highest BCUT2D eigenvalue weighted by Crippen LogP contribution is 2.28. The SMILES string of the molecule is CCC(C(=O)NC1CCCCC1)N(Cc1cccc(C)c1)C(=O)COc1ccc(Br)cc1Cl. The van der Waals surface area contributed by atoms with Crippen LogP contribution in [0.3, 0.4) is 0 Å². The van der Waals surface area contributed by atoms with Gasteiger partial charge in [-0.1, -0.05) is 83.5 Å². The molecule has 1 aliphatic rings. The smallest absolute Gasteiger partial charge is 0.261 e. The predicted octanol–water partition coefficient (Wildman–Crippen LogP) is 6.05. The maximum atomic E-state index is 13.3. The molecule has 3 rings (SSSR count). The fraction of sp³-hybridized carbons (Fsp3) is 0.462. The second-order valence-electron chi connectivity index (χ2n) is 8.64. The van der Waals surface area contributed by atoms with Crippen LogP contribution in [-0.4, -0.2) is 35.4 Å². The average Bonchev–Trinajstić information content (AvgIpc) is 2.79. The molecule has 0 saturated heterocycles. The molecule has 33 heavy (non-hydrogen) atoms. The number of nitrogens with one attached hydrogen (secondary N) is 1. The summed E-state index contributed by atoms with van der Waals surface area (Å²) in [6, 6.07) is 12.9. The summed E-state index contributed by atoms with van der Waals surface area (Å²) in [5, 5.41) is 3.61. The van der Waals surface area contributed by atoms with Crippen LogP contribution in [0.15, 0.2) is 46.9 Å². The number of amides is 2. The Balaban J connectivity index is 1.77. The third-order valence-corrected chi connectivity index (χ3v) is 6.81. The van der Waals surface area contributed by atoms with E-state index in [4.69, 9.17) is 16.3 Å². The molecule has 1 fully saturated rings. The van der Waals surface area contributed by atoms with Gasteiger partial charge in [0.1, 0.15) is 11.8 Å². The minimum absolute atomic E-state index is 0.0907. The van der Waals surface area contributed by atoms with Crippen molar-refractivity contribution in [3.05, 3.63) is 63.1 Å². The van der Waals surface area contributed by atoms with E-state index < -0.39 is 6.04 Å². The number of carbonyl (C=O) groups excluding carboxylic acids is 2. The first-order valence-electron chi connectivity index (χ1n) is 11.6. The van der Waals surface area contributed by atoms with Gasteiger partial charge in [-0.2, -0.15) is 0 Å². The first kappa shape index (κ1) is 25.6. The van der Waals surface area contributed by atoms with Crippen molar-refractivity contribution in [2.45, 2.75) is 71.0 Å². The van der Waals surface area contributed by atoms with Crippen molar-refractivity contribution in [3.8, 4) is 5.75 Å². The molecule has 5 nitrogen and oxygen atoms in total. The minimum Gasteiger partial charge on any atom is -0.482 e. The molecular weight excluding hydrogens is 504 g/mol. The third-order valence-electron chi connectivity index (χ3n) is 6.02. The van der Waals surface area contributed by atoms with E-state index in [2.05, 4.69) is 21.2 Å². The number of hydrogen-bond donors (Lipinski definition) is 1. The molecule has 0 aliphatic heterocycles. The van der Waals surface area contributed by atoms with Gasteiger partial charge in [-0.25, -0.2) is 0 Å². The van der Waals surface area contributed by atoms with E-state index in [0.29, 0.717) is 23.7 Å². The van der Waals surface area contributed by atoms with E-state index in [1.807, 2.05) is 44.2 Å². The zero-order valence-corrected chi connectivity index (χ0v) is 21.6. The molecule has 7 heteroatoms. The molecule has 1 saturated carbocycles. The summed E-state index contributed by atoms with van der Waals surface area (Å²) in [5.41, 5.74) is 2.09. The first-order valence-corrected chi connectivity index (χ1v) is 12.8. The molecule has 1 N–H and O–H groups in total. The summed E-state index contributed by atoms with van der Waals surface area (Å²) in [6.45, 7) is 4.10. The van der Waals surface area contributed by atoms with E-state index in [1.165, 1.54) is 6.42 Å². The van der Waals surface area contributed by atoms with Gasteiger partial charge in [0.05, 0.1) is 5.02 Å². The van der Waals surface area contributed by atoms with E-state index in [-0.39, 0.29) is 24.5 Å². The fourth-order valence-electron chi connectivity index (χ4n) is 4.29. The Morgan fingerprint density at radius 2 is 1.94 bits per heavy atom. The van der Waals surface area contributed by atoms with Crippen LogP contribution in [0.5, 0.6) is 5.75 Å². The Kier molecular flexibility index (Phi) is 9.63. The lowest BCUT2D eigenvalue weighted by molar-refractivity contribution is -0.143. The largest absolute Gasteiger partial charge is 0.482 e. The fourth-order valence-corrected chi connectivity index (χ4v) is 5.01. The molecule has 2 amide bonds. The molecule has 178 valence electrons. The zero-order chi connectivity index (χ0) is 23.8. The lowest BCUT2D eigenvalue weighted by Crippen LogP contribution is -2.52. The molecule has 0 heterocycles. The van der Waals surface area contributed by atoms with Gasteiger partial charge in [0.15, 0.2) is 6.61 Å². The lowest BCUT2D eigenvalue weighted by atomic mass is 9.95. The van der Waals surface area contributed by atoms with Crippen molar-refractivity contribution in [1.82, 2.24) is 10.2 Å². The molecule has 0 spiro atoms. The molecule has 0 aromatic heterocycles. The Labute approximate surface area is 210 Å². The van der Waals surface area contributed by atoms with Crippen LogP contribution < -0.4 is 10.1 Å². The van der Waals surface area contributed by atoms with Gasteiger partial charge in [0, 0.05) is 17.1 Å². The number of hydrogen-bond acceptors (Lipinski definition) is 3. The van der Waals surface area contributed by atoms with Crippen LogP contribution in [0.4, 0.5) is 0 Å². The number of carbonyl (C=O) groups is 2. The average molecular weight is 536 g/mol. The molecule has 1 aliphatic carbocycles. The zero-order valence-electron chi connectivity index (χ0n) is 19.3. The monoisotopic (exact) mass is 534 g/mol. The summed E-state index contributed by atoms with van der Waals surface area (Å²) >= 11 is 9.61. The van der Waals surface area contributed by atoms with Crippen LogP contribution in [0.1, 0.15) is 56.6 Å². The van der Waals surface area contributed by atoms with E-state index in [0.717, 1.165) is 41.3 Å². The van der Waals surface area contributed by atoms with Gasteiger partial charge in [0.25, 0.3) is 5.91 Å². The number of aryl methyl sites for hydroxylation is 1. The Hall–Kier alpha value is -2.05. The van der Waals surface area contributed by atoms with Gasteiger partial charge < -0.3 is 15.0 Å². The van der Waals surface area contributed by atoms with Crippen LogP contribution in [0.2, 0.25) is 5.02 Å². The summed E-state index contributed by atoms with van der Waals surface area (Å²) in [7, 11) is 0. The Morgan fingerprint density at radius 3 is 2.61 bits per heavy atom. The summed E-state index contributed by atoms with van der Waals surface area (Å²) in [4.78, 5) is 28.2. The van der Waals surface area contributed by atoms with E-state index in [1.54, 1.807) is 17.0 Å². The maximum absolute atomic E-state index is 13.3. The highest BCUT2D eigenvalue weighted by molar-refractivity contribution is 9.10. The molecule has 0 bridgehead atoms. The molecule has 0 radical (unpaired) electrons. The maximum Gasteiger partial charge on any atom is 0.261 e. The quantitative estimate of drug-likeness (QED) is 0.425. The van der Waals surface area contributed by atoms with Crippen LogP contribution >= 0.6 is 27.5 Å². The summed E-state index contributed by atoms with van der Waals surface area (Å²) < 4.78 is 6.58. The van der Waals surface area contributed by atoms with Crippen molar-refractivity contribution >= 4 is 39.3 Å². The second kappa shape index (κ2) is 12.4. The number of ether oxygens (including phenoxy) is 1. The Bertz CT molecular complexity index is 962. The topological polar surface area (TPSA) is 58.6 Å². The van der Waals surface area contributed by atoms with Crippen molar-refractivity contribution in [2.24, 2.45) is 0 Å². The second-order valence-corrected chi connectivity index (χ2v) is 9.96. The standard InChI is InChI=1S/C26H32BrClN2O3/c1-3-23(26(32)29-21-10-5-4-6-11-21)30(16-19-9-7-8-18(2)14-19)25(31)17-33-24-13-12-20(27)15-22(24)28/h7-9,12-15,21,23H,3-6,10-11,16-17H2,1-2H3,(H,29,32).